The maximum absolute atomic E-state index is 13.7. The van der Waals surface area contributed by atoms with Gasteiger partial charge in [0.2, 0.25) is 0 Å². The van der Waals surface area contributed by atoms with Gasteiger partial charge in [-0.15, -0.1) is 0 Å². The lowest BCUT2D eigenvalue weighted by Gasteiger charge is -2.29. The van der Waals surface area contributed by atoms with E-state index in [-0.39, 0.29) is 17.5 Å². The first-order valence-electron chi connectivity index (χ1n) is 7.40. The van der Waals surface area contributed by atoms with Crippen LogP contribution in [0.3, 0.4) is 0 Å². The van der Waals surface area contributed by atoms with Gasteiger partial charge in [-0.1, -0.05) is 18.6 Å². The van der Waals surface area contributed by atoms with Crippen molar-refractivity contribution in [1.29, 1.82) is 0 Å². The minimum Gasteiger partial charge on any atom is -0.349 e. The number of carbonyl (C=O) groups excluding carboxylic acids is 1. The fourth-order valence-electron chi connectivity index (χ4n) is 2.81. The third-order valence-electron chi connectivity index (χ3n) is 3.92. The molecule has 1 aromatic carbocycles. The molecule has 4 heteroatoms. The third-order valence-corrected chi connectivity index (χ3v) is 3.92. The van der Waals surface area contributed by atoms with Crippen molar-refractivity contribution in [1.82, 2.24) is 10.6 Å². The molecule has 20 heavy (non-hydrogen) atoms. The second kappa shape index (κ2) is 6.84. The summed E-state index contributed by atoms with van der Waals surface area (Å²) in [4.78, 5) is 12.1. The first kappa shape index (κ1) is 15.0. The molecule has 0 heterocycles. The summed E-state index contributed by atoms with van der Waals surface area (Å²) >= 11 is 0. The van der Waals surface area contributed by atoms with E-state index in [0.29, 0.717) is 6.04 Å². The molecule has 1 aliphatic carbocycles. The Kier molecular flexibility index (Phi) is 5.12. The Bertz CT molecular complexity index is 468. The molecule has 0 aromatic heterocycles. The van der Waals surface area contributed by atoms with Crippen LogP contribution in [0.25, 0.3) is 0 Å². The fraction of sp³-hybridized carbons (Fsp3) is 0.562. The highest BCUT2D eigenvalue weighted by molar-refractivity contribution is 5.94. The highest BCUT2D eigenvalue weighted by Gasteiger charge is 2.23. The lowest BCUT2D eigenvalue weighted by molar-refractivity contribution is 0.0920. The zero-order valence-corrected chi connectivity index (χ0v) is 12.2. The molecule has 0 saturated heterocycles. The molecular formula is C16H23FN2O. The standard InChI is InChI=1S/C16H23FN2O/c1-3-18-12-5-7-13(8-6-12)19-16(20)14-10-11(2)4-9-15(14)17/h4,9-10,12-13,18H,3,5-8H2,1-2H3,(H,19,20). The van der Waals surface area contributed by atoms with E-state index in [2.05, 4.69) is 17.6 Å². The molecule has 1 aliphatic rings. The van der Waals surface area contributed by atoms with Gasteiger partial charge in [0.1, 0.15) is 5.82 Å². The van der Waals surface area contributed by atoms with Crippen LogP contribution in [-0.2, 0) is 0 Å². The Morgan fingerprint density at radius 2 is 1.90 bits per heavy atom. The predicted molar refractivity (Wildman–Crippen MR) is 78.3 cm³/mol. The molecule has 3 nitrogen and oxygen atoms in total. The summed E-state index contributed by atoms with van der Waals surface area (Å²) in [6, 6.07) is 5.36. The summed E-state index contributed by atoms with van der Waals surface area (Å²) in [6.07, 6.45) is 4.04. The summed E-state index contributed by atoms with van der Waals surface area (Å²) in [5, 5.41) is 6.39. The van der Waals surface area contributed by atoms with Gasteiger partial charge in [0, 0.05) is 12.1 Å². The Morgan fingerprint density at radius 3 is 2.55 bits per heavy atom. The largest absolute Gasteiger partial charge is 0.349 e. The number of hydrogen-bond donors (Lipinski definition) is 2. The molecule has 0 spiro atoms. The van der Waals surface area contributed by atoms with E-state index in [1.807, 2.05) is 6.92 Å². The van der Waals surface area contributed by atoms with Gasteiger partial charge in [0.25, 0.3) is 5.91 Å². The Balaban J connectivity index is 1.91. The van der Waals surface area contributed by atoms with Crippen molar-refractivity contribution in [2.75, 3.05) is 6.54 Å². The monoisotopic (exact) mass is 278 g/mol. The number of amides is 1. The van der Waals surface area contributed by atoms with Crippen LogP contribution in [-0.4, -0.2) is 24.5 Å². The second-order valence-corrected chi connectivity index (χ2v) is 5.56. The van der Waals surface area contributed by atoms with Crippen molar-refractivity contribution in [3.63, 3.8) is 0 Å². The van der Waals surface area contributed by atoms with Crippen LogP contribution >= 0.6 is 0 Å². The Morgan fingerprint density at radius 1 is 1.25 bits per heavy atom. The molecule has 1 saturated carbocycles. The molecule has 0 radical (unpaired) electrons. The van der Waals surface area contributed by atoms with E-state index in [4.69, 9.17) is 0 Å². The highest BCUT2D eigenvalue weighted by atomic mass is 19.1. The number of rotatable bonds is 4. The topological polar surface area (TPSA) is 41.1 Å². The number of aryl methyl sites for hydroxylation is 1. The number of hydrogen-bond acceptors (Lipinski definition) is 2. The smallest absolute Gasteiger partial charge is 0.254 e. The van der Waals surface area contributed by atoms with Gasteiger partial charge in [-0.25, -0.2) is 4.39 Å². The minimum atomic E-state index is -0.450. The van der Waals surface area contributed by atoms with Gasteiger partial charge in [-0.3, -0.25) is 4.79 Å². The molecule has 0 bridgehead atoms. The zero-order chi connectivity index (χ0) is 14.5. The van der Waals surface area contributed by atoms with E-state index >= 15 is 0 Å². The maximum atomic E-state index is 13.7. The average molecular weight is 278 g/mol. The fourth-order valence-corrected chi connectivity index (χ4v) is 2.81. The molecular weight excluding hydrogens is 255 g/mol. The van der Waals surface area contributed by atoms with Crippen molar-refractivity contribution in [3.05, 3.63) is 35.1 Å². The lowest BCUT2D eigenvalue weighted by atomic mass is 9.91. The van der Waals surface area contributed by atoms with Crippen LogP contribution in [0.4, 0.5) is 4.39 Å². The van der Waals surface area contributed by atoms with Crippen molar-refractivity contribution in [2.24, 2.45) is 0 Å². The molecule has 2 N–H and O–H groups in total. The quantitative estimate of drug-likeness (QED) is 0.889. The van der Waals surface area contributed by atoms with E-state index in [1.54, 1.807) is 12.1 Å². The molecule has 0 unspecified atom stereocenters. The summed E-state index contributed by atoms with van der Waals surface area (Å²) in [5.74, 6) is -0.743. The lowest BCUT2D eigenvalue weighted by Crippen LogP contribution is -2.42. The van der Waals surface area contributed by atoms with E-state index < -0.39 is 5.82 Å². The van der Waals surface area contributed by atoms with Crippen molar-refractivity contribution in [3.8, 4) is 0 Å². The summed E-state index contributed by atoms with van der Waals surface area (Å²) in [5.41, 5.74) is 1.05. The van der Waals surface area contributed by atoms with Crippen LogP contribution < -0.4 is 10.6 Å². The first-order valence-corrected chi connectivity index (χ1v) is 7.40. The molecule has 1 fully saturated rings. The maximum Gasteiger partial charge on any atom is 0.254 e. The molecule has 0 aliphatic heterocycles. The van der Waals surface area contributed by atoms with Gasteiger partial charge in [-0.05, 0) is 51.3 Å². The van der Waals surface area contributed by atoms with Crippen LogP contribution in [0.15, 0.2) is 18.2 Å². The van der Waals surface area contributed by atoms with E-state index in [1.165, 1.54) is 6.07 Å². The second-order valence-electron chi connectivity index (χ2n) is 5.56. The van der Waals surface area contributed by atoms with E-state index in [0.717, 1.165) is 37.8 Å². The van der Waals surface area contributed by atoms with Crippen LogP contribution in [0, 0.1) is 12.7 Å². The van der Waals surface area contributed by atoms with Gasteiger partial charge >= 0.3 is 0 Å². The van der Waals surface area contributed by atoms with Gasteiger partial charge in [-0.2, -0.15) is 0 Å². The van der Waals surface area contributed by atoms with Gasteiger partial charge in [0.05, 0.1) is 5.56 Å². The summed E-state index contributed by atoms with van der Waals surface area (Å²) < 4.78 is 13.7. The van der Waals surface area contributed by atoms with Crippen molar-refractivity contribution >= 4 is 5.91 Å². The molecule has 110 valence electrons. The summed E-state index contributed by atoms with van der Waals surface area (Å²) in [6.45, 7) is 4.95. The van der Waals surface area contributed by atoms with Crippen LogP contribution in [0.5, 0.6) is 0 Å². The number of halogens is 1. The Hall–Kier alpha value is -1.42. The van der Waals surface area contributed by atoms with Crippen molar-refractivity contribution < 1.29 is 9.18 Å². The molecule has 0 atom stereocenters. The molecule has 1 aromatic rings. The highest BCUT2D eigenvalue weighted by Crippen LogP contribution is 2.19. The SMILES string of the molecule is CCNC1CCC(NC(=O)c2cc(C)ccc2F)CC1. The minimum absolute atomic E-state index is 0.152. The molecule has 1 amide bonds. The van der Waals surface area contributed by atoms with Gasteiger partial charge in [0.15, 0.2) is 0 Å². The molecule has 2 rings (SSSR count). The van der Waals surface area contributed by atoms with Crippen LogP contribution in [0.1, 0.15) is 48.5 Å². The van der Waals surface area contributed by atoms with Crippen molar-refractivity contribution in [2.45, 2.75) is 51.6 Å². The van der Waals surface area contributed by atoms with E-state index in [9.17, 15) is 9.18 Å². The zero-order valence-electron chi connectivity index (χ0n) is 12.2. The third kappa shape index (κ3) is 3.79. The first-order chi connectivity index (χ1) is 9.60. The van der Waals surface area contributed by atoms with Gasteiger partial charge < -0.3 is 10.6 Å². The number of carbonyl (C=O) groups is 1. The number of nitrogens with one attached hydrogen (secondary N) is 2. The summed E-state index contributed by atoms with van der Waals surface area (Å²) in [7, 11) is 0. The number of benzene rings is 1. The van der Waals surface area contributed by atoms with Crippen LogP contribution in [0.2, 0.25) is 0 Å². The average Bonchev–Trinajstić information content (AvgIpc) is 2.44. The Labute approximate surface area is 120 Å². The predicted octanol–water partition coefficient (Wildman–Crippen LogP) is 2.78. The normalized spacial score (nSPS) is 22.6.